The number of amides is 2. The molecule has 7 heteroatoms. The molecule has 1 aliphatic rings. The minimum Gasteiger partial charge on any atom is -0.493 e. The molecule has 0 radical (unpaired) electrons. The molecule has 1 saturated carbocycles. The van der Waals surface area contributed by atoms with Crippen molar-refractivity contribution in [3.63, 3.8) is 0 Å². The second-order valence-electron chi connectivity index (χ2n) is 7.66. The van der Waals surface area contributed by atoms with Crippen molar-refractivity contribution in [3.05, 3.63) is 53.6 Å². The summed E-state index contributed by atoms with van der Waals surface area (Å²) >= 11 is 0. The fraction of sp³-hybridized carbons (Fsp3) is 0.375. The van der Waals surface area contributed by atoms with Crippen molar-refractivity contribution in [2.45, 2.75) is 39.2 Å². The Morgan fingerprint density at radius 2 is 1.81 bits per heavy atom. The number of carbonyl (C=O) groups is 3. The number of hydrogen-bond donors (Lipinski definition) is 2. The van der Waals surface area contributed by atoms with Crippen molar-refractivity contribution in [1.82, 2.24) is 5.32 Å². The van der Waals surface area contributed by atoms with Crippen LogP contribution in [0.15, 0.2) is 42.5 Å². The third kappa shape index (κ3) is 6.31. The van der Waals surface area contributed by atoms with E-state index in [-0.39, 0.29) is 30.1 Å². The Morgan fingerprint density at radius 1 is 1.03 bits per heavy atom. The van der Waals surface area contributed by atoms with Crippen LogP contribution in [0, 0.1) is 5.92 Å². The molecule has 2 aromatic rings. The van der Waals surface area contributed by atoms with Crippen LogP contribution in [0.4, 0.5) is 5.69 Å². The highest BCUT2D eigenvalue weighted by atomic mass is 16.5. The first kappa shape index (κ1) is 22.3. The fourth-order valence-electron chi connectivity index (χ4n) is 3.59. The zero-order chi connectivity index (χ0) is 22.2. The zero-order valence-electron chi connectivity index (χ0n) is 17.9. The Morgan fingerprint density at radius 3 is 2.52 bits per heavy atom. The molecular formula is C24H28N2O5. The van der Waals surface area contributed by atoms with Gasteiger partial charge in [-0.25, -0.2) is 0 Å². The van der Waals surface area contributed by atoms with Crippen LogP contribution in [0.25, 0.3) is 0 Å². The maximum absolute atomic E-state index is 12.3. The van der Waals surface area contributed by atoms with Gasteiger partial charge in [-0.05, 0) is 55.7 Å². The summed E-state index contributed by atoms with van der Waals surface area (Å²) in [4.78, 5) is 36.0. The molecule has 0 heterocycles. The van der Waals surface area contributed by atoms with E-state index >= 15 is 0 Å². The van der Waals surface area contributed by atoms with Gasteiger partial charge in [0.25, 0.3) is 5.91 Å². The van der Waals surface area contributed by atoms with E-state index in [1.54, 1.807) is 18.2 Å². The van der Waals surface area contributed by atoms with E-state index < -0.39 is 0 Å². The predicted molar refractivity (Wildman–Crippen MR) is 117 cm³/mol. The third-order valence-electron chi connectivity index (χ3n) is 5.34. The van der Waals surface area contributed by atoms with Crippen molar-refractivity contribution < 1.29 is 23.9 Å². The molecule has 2 N–H and O–H groups in total. The maximum Gasteiger partial charge on any atom is 0.258 e. The van der Waals surface area contributed by atoms with Crippen molar-refractivity contribution in [1.29, 1.82) is 0 Å². The highest BCUT2D eigenvalue weighted by Gasteiger charge is 2.22. The average molecular weight is 424 g/mol. The summed E-state index contributed by atoms with van der Waals surface area (Å²) < 4.78 is 10.8. The average Bonchev–Trinajstić information content (AvgIpc) is 3.31. The van der Waals surface area contributed by atoms with Gasteiger partial charge in [-0.1, -0.05) is 25.0 Å². The fourth-order valence-corrected chi connectivity index (χ4v) is 3.59. The van der Waals surface area contributed by atoms with E-state index in [9.17, 15) is 14.4 Å². The Bertz CT molecular complexity index is 951. The van der Waals surface area contributed by atoms with E-state index in [2.05, 4.69) is 10.6 Å². The number of ketones is 1. The van der Waals surface area contributed by atoms with Crippen LogP contribution in [-0.4, -0.2) is 31.3 Å². The van der Waals surface area contributed by atoms with E-state index in [4.69, 9.17) is 9.47 Å². The number of nitrogens with one attached hydrogen (secondary N) is 2. The number of rotatable bonds is 9. The van der Waals surface area contributed by atoms with E-state index in [0.717, 1.165) is 36.9 Å². The van der Waals surface area contributed by atoms with Gasteiger partial charge in [-0.2, -0.15) is 0 Å². The summed E-state index contributed by atoms with van der Waals surface area (Å²) in [6.45, 7) is 1.60. The zero-order valence-corrected chi connectivity index (χ0v) is 17.9. The van der Waals surface area contributed by atoms with Gasteiger partial charge in [-0.3, -0.25) is 14.4 Å². The molecule has 31 heavy (non-hydrogen) atoms. The summed E-state index contributed by atoms with van der Waals surface area (Å²) in [5, 5.41) is 5.77. The van der Waals surface area contributed by atoms with Crippen LogP contribution in [0.3, 0.4) is 0 Å². The molecule has 0 spiro atoms. The van der Waals surface area contributed by atoms with Gasteiger partial charge in [0.05, 0.1) is 7.11 Å². The van der Waals surface area contributed by atoms with Gasteiger partial charge >= 0.3 is 0 Å². The van der Waals surface area contributed by atoms with Crippen LogP contribution in [-0.2, 0) is 16.1 Å². The number of hydrogen-bond acceptors (Lipinski definition) is 5. The van der Waals surface area contributed by atoms with E-state index in [1.165, 1.54) is 14.0 Å². The molecule has 0 unspecified atom stereocenters. The molecule has 1 fully saturated rings. The summed E-state index contributed by atoms with van der Waals surface area (Å²) in [6.07, 6.45) is 4.12. The number of ether oxygens (including phenoxy) is 2. The number of benzene rings is 2. The van der Waals surface area contributed by atoms with Gasteiger partial charge in [0, 0.05) is 23.7 Å². The summed E-state index contributed by atoms with van der Waals surface area (Å²) in [5.41, 5.74) is 2.12. The lowest BCUT2D eigenvalue weighted by Crippen LogP contribution is -2.28. The molecule has 0 saturated heterocycles. The third-order valence-corrected chi connectivity index (χ3v) is 5.34. The minimum atomic E-state index is -0.293. The standard InChI is InChI=1S/C24H28N2O5/c1-16(27)19-10-11-21(22(13-19)30-2)31-15-23(28)25-14-17-6-5-9-20(12-17)26-24(29)18-7-3-4-8-18/h5-6,9-13,18H,3-4,7-8,14-15H2,1-2H3,(H,25,28)(H,26,29). The molecule has 7 nitrogen and oxygen atoms in total. The first-order chi connectivity index (χ1) is 15.0. The Kier molecular flexibility index (Phi) is 7.65. The topological polar surface area (TPSA) is 93.7 Å². The smallest absolute Gasteiger partial charge is 0.258 e. The summed E-state index contributed by atoms with van der Waals surface area (Å²) in [6, 6.07) is 12.3. The molecular weight excluding hydrogens is 396 g/mol. The Balaban J connectivity index is 1.49. The SMILES string of the molecule is COc1cc(C(C)=O)ccc1OCC(=O)NCc1cccc(NC(=O)C2CCCC2)c1. The lowest BCUT2D eigenvalue weighted by Gasteiger charge is -2.13. The van der Waals surface area contributed by atoms with Gasteiger partial charge in [0.1, 0.15) is 0 Å². The highest BCUT2D eigenvalue weighted by molar-refractivity contribution is 5.94. The second kappa shape index (κ2) is 10.6. The van der Waals surface area contributed by atoms with Crippen molar-refractivity contribution >= 4 is 23.3 Å². The van der Waals surface area contributed by atoms with Gasteiger partial charge in [-0.15, -0.1) is 0 Å². The van der Waals surface area contributed by atoms with Gasteiger partial charge in [0.15, 0.2) is 23.9 Å². The van der Waals surface area contributed by atoms with Crippen molar-refractivity contribution in [2.24, 2.45) is 5.92 Å². The van der Waals surface area contributed by atoms with Gasteiger partial charge < -0.3 is 20.1 Å². The number of anilines is 1. The quantitative estimate of drug-likeness (QED) is 0.599. The molecule has 0 bridgehead atoms. The minimum absolute atomic E-state index is 0.0665. The number of carbonyl (C=O) groups excluding carboxylic acids is 3. The van der Waals surface area contributed by atoms with Crippen molar-refractivity contribution in [2.75, 3.05) is 19.0 Å². The summed E-state index contributed by atoms with van der Waals surface area (Å²) in [7, 11) is 1.48. The van der Waals surface area contributed by atoms with E-state index in [0.29, 0.717) is 23.6 Å². The molecule has 0 aliphatic heterocycles. The van der Waals surface area contributed by atoms with E-state index in [1.807, 2.05) is 24.3 Å². The van der Waals surface area contributed by atoms with Crippen molar-refractivity contribution in [3.8, 4) is 11.5 Å². The number of methoxy groups -OCH3 is 1. The van der Waals surface area contributed by atoms with Crippen LogP contribution < -0.4 is 20.1 Å². The summed E-state index contributed by atoms with van der Waals surface area (Å²) in [5.74, 6) is 0.576. The van der Waals surface area contributed by atoms with Crippen LogP contribution in [0.2, 0.25) is 0 Å². The molecule has 1 aliphatic carbocycles. The molecule has 2 amide bonds. The first-order valence-corrected chi connectivity index (χ1v) is 10.4. The first-order valence-electron chi connectivity index (χ1n) is 10.4. The lowest BCUT2D eigenvalue weighted by molar-refractivity contribution is -0.123. The Hall–Kier alpha value is -3.35. The van der Waals surface area contributed by atoms with Crippen LogP contribution >= 0.6 is 0 Å². The normalized spacial score (nSPS) is 13.5. The molecule has 164 valence electrons. The van der Waals surface area contributed by atoms with Crippen LogP contribution in [0.5, 0.6) is 11.5 Å². The Labute approximate surface area is 182 Å². The monoisotopic (exact) mass is 424 g/mol. The molecule has 2 aromatic carbocycles. The largest absolute Gasteiger partial charge is 0.493 e. The van der Waals surface area contributed by atoms with Crippen LogP contribution in [0.1, 0.15) is 48.5 Å². The second-order valence-corrected chi connectivity index (χ2v) is 7.66. The lowest BCUT2D eigenvalue weighted by atomic mass is 10.1. The maximum atomic E-state index is 12.3. The molecule has 3 rings (SSSR count). The molecule has 0 atom stereocenters. The van der Waals surface area contributed by atoms with Gasteiger partial charge in [0.2, 0.25) is 5.91 Å². The predicted octanol–water partition coefficient (Wildman–Crippen LogP) is 3.72. The number of Topliss-reactive ketones (excluding diaryl/α,β-unsaturated/α-hetero) is 1. The highest BCUT2D eigenvalue weighted by Crippen LogP contribution is 2.28. The molecule has 0 aromatic heterocycles.